The van der Waals surface area contributed by atoms with E-state index in [0.717, 1.165) is 10.7 Å². The Kier molecular flexibility index (Phi) is 8.39. The van der Waals surface area contributed by atoms with E-state index >= 15 is 0 Å². The summed E-state index contributed by atoms with van der Waals surface area (Å²) in [6.45, 7) is 0. The molecule has 1 N–H and O–H groups in total. The van der Waals surface area contributed by atoms with Crippen LogP contribution in [0.1, 0.15) is 0 Å². The van der Waals surface area contributed by atoms with E-state index in [0.29, 0.717) is 4.47 Å². The first-order chi connectivity index (χ1) is 17.3. The third kappa shape index (κ3) is 4.92. The summed E-state index contributed by atoms with van der Waals surface area (Å²) in [5.41, 5.74) is 0.0681. The zero-order valence-corrected chi connectivity index (χ0v) is 20.1. The van der Waals surface area contributed by atoms with Gasteiger partial charge in [0.1, 0.15) is 0 Å². The van der Waals surface area contributed by atoms with E-state index in [1.54, 1.807) is 0 Å². The van der Waals surface area contributed by atoms with E-state index in [9.17, 15) is 75.0 Å². The highest BCUT2D eigenvalue weighted by molar-refractivity contribution is 9.10. The van der Waals surface area contributed by atoms with Crippen molar-refractivity contribution in [2.24, 2.45) is 0 Å². The number of hydrogen-bond acceptors (Lipinski definition) is 3. The van der Waals surface area contributed by atoms with Crippen molar-refractivity contribution in [2.45, 2.75) is 47.9 Å². The Labute approximate surface area is 217 Å². The molecule has 1 heterocycles. The number of thiazole rings is 1. The molecule has 0 aliphatic heterocycles. The molecule has 1 aromatic carbocycles. The molecule has 21 heteroatoms. The van der Waals surface area contributed by atoms with Crippen LogP contribution in [0.25, 0.3) is 11.3 Å². The molecule has 0 aliphatic rings. The number of rotatable bonds is 10. The van der Waals surface area contributed by atoms with Crippen LogP contribution >= 0.6 is 27.3 Å². The van der Waals surface area contributed by atoms with E-state index in [1.165, 1.54) is 24.3 Å². The molecule has 0 spiro atoms. The summed E-state index contributed by atoms with van der Waals surface area (Å²) in [6.07, 6.45) is -5.93. The third-order valence-corrected chi connectivity index (χ3v) is 6.10. The van der Waals surface area contributed by atoms with Gasteiger partial charge < -0.3 is 0 Å². The SMILES string of the molecule is O=C(Nc1nc(-c2ccc(Br)cc2)cs1)C(F)(F)C(F)(F)C(F)(F)C(F)(F)C(F)(F)C(F)(F)C(F)(F)C(F)F. The molecule has 2 aromatic rings. The van der Waals surface area contributed by atoms with E-state index < -0.39 is 58.9 Å². The molecule has 0 radical (unpaired) electrons. The topological polar surface area (TPSA) is 42.0 Å². The average Bonchev–Trinajstić information content (AvgIpc) is 3.26. The maximum atomic E-state index is 14.0. The van der Waals surface area contributed by atoms with Gasteiger partial charge in [-0.2, -0.15) is 61.5 Å². The van der Waals surface area contributed by atoms with Crippen LogP contribution in [-0.2, 0) is 4.79 Å². The van der Waals surface area contributed by atoms with Gasteiger partial charge in [0.25, 0.3) is 0 Å². The number of aromatic nitrogens is 1. The van der Waals surface area contributed by atoms with Gasteiger partial charge in [-0.3, -0.25) is 10.1 Å². The Hall–Kier alpha value is -2.32. The van der Waals surface area contributed by atoms with Crippen LogP contribution in [0.2, 0.25) is 0 Å². The van der Waals surface area contributed by atoms with Crippen molar-refractivity contribution in [3.8, 4) is 11.3 Å². The first-order valence-electron chi connectivity index (χ1n) is 9.26. The fourth-order valence-electron chi connectivity index (χ4n) is 2.54. The number of halogens is 17. The normalized spacial score (nSPS) is 14.6. The van der Waals surface area contributed by atoms with Crippen molar-refractivity contribution in [1.29, 1.82) is 0 Å². The molecule has 0 aliphatic carbocycles. The van der Waals surface area contributed by atoms with Gasteiger partial charge in [0.15, 0.2) is 5.13 Å². The Morgan fingerprint density at radius 1 is 0.744 bits per heavy atom. The average molecular weight is 683 g/mol. The van der Waals surface area contributed by atoms with Gasteiger partial charge >= 0.3 is 53.8 Å². The number of amides is 1. The number of nitrogens with one attached hydrogen (secondary N) is 1. The van der Waals surface area contributed by atoms with Gasteiger partial charge in [-0.15, -0.1) is 11.3 Å². The number of hydrogen-bond donors (Lipinski definition) is 1. The molecule has 220 valence electrons. The lowest BCUT2D eigenvalue weighted by Crippen LogP contribution is -2.74. The van der Waals surface area contributed by atoms with Crippen molar-refractivity contribution in [3.05, 3.63) is 34.1 Å². The van der Waals surface area contributed by atoms with Crippen molar-refractivity contribution in [1.82, 2.24) is 4.98 Å². The second-order valence-electron chi connectivity index (χ2n) is 7.37. The fraction of sp³-hybridized carbons (Fsp3) is 0.444. The molecule has 0 saturated carbocycles. The highest BCUT2D eigenvalue weighted by atomic mass is 79.9. The zero-order chi connectivity index (χ0) is 30.6. The van der Waals surface area contributed by atoms with E-state index in [-0.39, 0.29) is 22.6 Å². The second-order valence-corrected chi connectivity index (χ2v) is 9.14. The molecule has 0 saturated heterocycles. The Morgan fingerprint density at radius 2 is 1.18 bits per heavy atom. The molecule has 0 atom stereocenters. The number of alkyl halides is 16. The number of benzene rings is 1. The summed E-state index contributed by atoms with van der Waals surface area (Å²) >= 11 is 3.25. The molecule has 39 heavy (non-hydrogen) atoms. The van der Waals surface area contributed by atoms with Crippen LogP contribution in [-0.4, -0.2) is 58.8 Å². The molecule has 0 fully saturated rings. The fourth-order valence-corrected chi connectivity index (χ4v) is 3.52. The maximum Gasteiger partial charge on any atom is 0.393 e. The summed E-state index contributed by atoms with van der Waals surface area (Å²) in [7, 11) is 0. The zero-order valence-electron chi connectivity index (χ0n) is 17.7. The highest BCUT2D eigenvalue weighted by Crippen LogP contribution is 2.62. The molecule has 0 unspecified atom stereocenters. The molecular weight excluding hydrogens is 676 g/mol. The Balaban J connectivity index is 2.44. The summed E-state index contributed by atoms with van der Waals surface area (Å²) in [5, 5.41) is 0.749. The Morgan fingerprint density at radius 3 is 1.64 bits per heavy atom. The van der Waals surface area contributed by atoms with Crippen molar-refractivity contribution in [3.63, 3.8) is 0 Å². The van der Waals surface area contributed by atoms with Crippen molar-refractivity contribution < 1.29 is 75.0 Å². The van der Waals surface area contributed by atoms with Crippen LogP contribution < -0.4 is 5.32 Å². The lowest BCUT2D eigenvalue weighted by atomic mass is 9.89. The number of nitrogens with zero attached hydrogens (tertiary/aromatic N) is 1. The molecule has 1 aromatic heterocycles. The molecular formula is C18H7BrF16N2OS. The van der Waals surface area contributed by atoms with E-state index in [2.05, 4.69) is 20.9 Å². The lowest BCUT2D eigenvalue weighted by molar-refractivity contribution is -0.443. The van der Waals surface area contributed by atoms with Crippen molar-refractivity contribution >= 4 is 38.3 Å². The summed E-state index contributed by atoms with van der Waals surface area (Å²) in [6, 6.07) is 5.56. The summed E-state index contributed by atoms with van der Waals surface area (Å²) < 4.78 is 215. The molecule has 2 rings (SSSR count). The van der Waals surface area contributed by atoms with Crippen LogP contribution in [0.15, 0.2) is 34.1 Å². The predicted octanol–water partition coefficient (Wildman–Crippen LogP) is 8.22. The van der Waals surface area contributed by atoms with Gasteiger partial charge in [0, 0.05) is 15.4 Å². The smallest absolute Gasteiger partial charge is 0.296 e. The Bertz CT molecular complexity index is 1200. The molecule has 3 nitrogen and oxygen atoms in total. The van der Waals surface area contributed by atoms with E-state index in [4.69, 9.17) is 0 Å². The van der Waals surface area contributed by atoms with Crippen LogP contribution in [0, 0.1) is 0 Å². The van der Waals surface area contributed by atoms with Crippen molar-refractivity contribution in [2.75, 3.05) is 5.32 Å². The highest BCUT2D eigenvalue weighted by Gasteiger charge is 2.94. The minimum Gasteiger partial charge on any atom is -0.296 e. The number of carbonyl (C=O) groups is 1. The number of carbonyl (C=O) groups excluding carboxylic acids is 1. The van der Waals surface area contributed by atoms with Gasteiger partial charge in [-0.1, -0.05) is 28.1 Å². The summed E-state index contributed by atoms with van der Waals surface area (Å²) in [4.78, 5) is 15.1. The minimum atomic E-state index is -8.58. The monoisotopic (exact) mass is 682 g/mol. The largest absolute Gasteiger partial charge is 0.393 e. The number of anilines is 1. The van der Waals surface area contributed by atoms with Crippen LogP contribution in [0.3, 0.4) is 0 Å². The minimum absolute atomic E-state index is 0.142. The van der Waals surface area contributed by atoms with Crippen LogP contribution in [0.5, 0.6) is 0 Å². The van der Waals surface area contributed by atoms with E-state index in [1.807, 2.05) is 0 Å². The second kappa shape index (κ2) is 9.95. The predicted molar refractivity (Wildman–Crippen MR) is 105 cm³/mol. The third-order valence-electron chi connectivity index (χ3n) is 4.81. The lowest BCUT2D eigenvalue weighted by Gasteiger charge is -2.42. The quantitative estimate of drug-likeness (QED) is 0.257. The van der Waals surface area contributed by atoms with Gasteiger partial charge in [-0.25, -0.2) is 13.8 Å². The molecule has 0 bridgehead atoms. The first kappa shape index (κ1) is 32.9. The van der Waals surface area contributed by atoms with Gasteiger partial charge in [-0.05, 0) is 12.1 Å². The van der Waals surface area contributed by atoms with Gasteiger partial charge in [0.05, 0.1) is 5.69 Å². The maximum absolute atomic E-state index is 14.0. The molecule has 1 amide bonds. The first-order valence-corrected chi connectivity index (χ1v) is 10.9. The van der Waals surface area contributed by atoms with Crippen LogP contribution in [0.4, 0.5) is 75.4 Å². The standard InChI is InChI=1S/C18H7BrF16N2OS/c19-7-3-1-6(2-4-7)8-5-39-11(36-8)37-10(38)13(24,25)15(28,29)17(32,33)18(34,35)16(30,31)14(26,27)12(22,23)9(20)21/h1-5,9H,(H,36,37,38). The van der Waals surface area contributed by atoms with Gasteiger partial charge in [0.2, 0.25) is 0 Å². The summed E-state index contributed by atoms with van der Waals surface area (Å²) in [5.74, 6) is -60.0.